The predicted octanol–water partition coefficient (Wildman–Crippen LogP) is -0.647. The van der Waals surface area contributed by atoms with Crippen LogP contribution >= 0.6 is 0 Å². The summed E-state index contributed by atoms with van der Waals surface area (Å²) in [5.74, 6) is 0. The molecule has 1 aliphatic carbocycles. The predicted molar refractivity (Wildman–Crippen MR) is 44.8 cm³/mol. The van der Waals surface area contributed by atoms with Gasteiger partial charge in [0.1, 0.15) is 12.2 Å². The van der Waals surface area contributed by atoms with Gasteiger partial charge in [0.25, 0.3) is 11.4 Å². The zero-order valence-corrected chi connectivity index (χ0v) is 7.10. The molecule has 1 aliphatic rings. The van der Waals surface area contributed by atoms with Crippen LogP contribution in [0.2, 0.25) is 0 Å². The summed E-state index contributed by atoms with van der Waals surface area (Å²) < 4.78 is 0. The number of hydrogen-bond acceptors (Lipinski definition) is 5. The normalized spacial score (nSPS) is 20.1. The Morgan fingerprint density at radius 2 is 1.67 bits per heavy atom. The molecule has 0 bridgehead atoms. The van der Waals surface area contributed by atoms with Crippen molar-refractivity contribution >= 4 is 5.71 Å². The summed E-state index contributed by atoms with van der Waals surface area (Å²) in [6, 6.07) is 0. The van der Waals surface area contributed by atoms with Crippen molar-refractivity contribution in [2.75, 3.05) is 0 Å². The van der Waals surface area contributed by atoms with E-state index in [0.717, 1.165) is 12.2 Å². The Labute approximate surface area is 81.9 Å². The van der Waals surface area contributed by atoms with E-state index in [1.54, 1.807) is 0 Å². The van der Waals surface area contributed by atoms with Crippen LogP contribution in [0.1, 0.15) is 0 Å². The van der Waals surface area contributed by atoms with Crippen molar-refractivity contribution in [1.29, 1.82) is 0 Å². The van der Waals surface area contributed by atoms with E-state index in [2.05, 4.69) is 4.79 Å². The first-order chi connectivity index (χ1) is 6.97. The van der Waals surface area contributed by atoms with Crippen LogP contribution in [0.3, 0.4) is 0 Å². The lowest BCUT2D eigenvalue weighted by molar-refractivity contribution is -0.463. The third kappa shape index (κ3) is 1.93. The van der Waals surface area contributed by atoms with Crippen molar-refractivity contribution < 1.29 is 19.7 Å². The Hall–Kier alpha value is -2.38. The molecule has 0 radical (unpaired) electrons. The standard InChI is InChI=1S/C6H4N4O5/c7-8-3-1-4(9(12)13)6(11)5(2-3)10(14)15/h1-2,6,11H. The van der Waals surface area contributed by atoms with Gasteiger partial charge in [-0.3, -0.25) is 20.2 Å². The highest BCUT2D eigenvalue weighted by atomic mass is 16.6. The maximum atomic E-state index is 10.4. The lowest BCUT2D eigenvalue weighted by atomic mass is 10.1. The summed E-state index contributed by atoms with van der Waals surface area (Å²) >= 11 is 0. The minimum absolute atomic E-state index is 0.362. The molecular formula is C6H4N4O5. The second-order valence-corrected chi connectivity index (χ2v) is 2.58. The molecule has 0 saturated carbocycles. The highest BCUT2D eigenvalue weighted by Gasteiger charge is 2.40. The minimum atomic E-state index is -1.93. The Morgan fingerprint density at radius 3 is 1.93 bits per heavy atom. The first-order valence-corrected chi connectivity index (χ1v) is 3.59. The van der Waals surface area contributed by atoms with Crippen LogP contribution in [-0.4, -0.2) is 31.6 Å². The molecule has 0 atom stereocenters. The van der Waals surface area contributed by atoms with Crippen LogP contribution < -0.4 is 0 Å². The van der Waals surface area contributed by atoms with Crippen LogP contribution in [0, 0.1) is 20.2 Å². The van der Waals surface area contributed by atoms with Crippen molar-refractivity contribution in [2.45, 2.75) is 6.10 Å². The second-order valence-electron chi connectivity index (χ2n) is 2.58. The van der Waals surface area contributed by atoms with Crippen molar-refractivity contribution in [3.63, 3.8) is 0 Å². The highest BCUT2D eigenvalue weighted by Crippen LogP contribution is 2.18. The van der Waals surface area contributed by atoms with Gasteiger partial charge >= 0.3 is 5.71 Å². The summed E-state index contributed by atoms with van der Waals surface area (Å²) in [5, 5.41) is 30.0. The lowest BCUT2D eigenvalue weighted by Gasteiger charge is -2.06. The molecule has 0 aromatic rings. The fraction of sp³-hybridized carbons (Fsp3) is 0.167. The van der Waals surface area contributed by atoms with E-state index < -0.39 is 27.3 Å². The van der Waals surface area contributed by atoms with Gasteiger partial charge in [-0.05, 0) is 0 Å². The molecule has 0 fully saturated rings. The summed E-state index contributed by atoms with van der Waals surface area (Å²) in [5.41, 5.74) is 6.37. The van der Waals surface area contributed by atoms with Crippen molar-refractivity contribution in [1.82, 2.24) is 0 Å². The highest BCUT2D eigenvalue weighted by molar-refractivity contribution is 6.01. The smallest absolute Gasteiger partial charge is 0.328 e. The number of allylic oxidation sites excluding steroid dienone is 2. The maximum absolute atomic E-state index is 10.4. The van der Waals surface area contributed by atoms with Gasteiger partial charge in [0, 0.05) is 0 Å². The van der Waals surface area contributed by atoms with Crippen molar-refractivity contribution in [3.05, 3.63) is 49.3 Å². The van der Waals surface area contributed by atoms with E-state index in [9.17, 15) is 25.3 Å². The number of rotatable bonds is 2. The lowest BCUT2D eigenvalue weighted by Crippen LogP contribution is -2.28. The zero-order chi connectivity index (χ0) is 11.6. The Bertz CT molecular complexity index is 410. The summed E-state index contributed by atoms with van der Waals surface area (Å²) in [6.07, 6.45) is -0.435. The molecule has 0 aromatic carbocycles. The Morgan fingerprint density at radius 1 is 1.27 bits per heavy atom. The van der Waals surface area contributed by atoms with Gasteiger partial charge < -0.3 is 10.6 Å². The van der Waals surface area contributed by atoms with Crippen LogP contribution in [0.4, 0.5) is 0 Å². The van der Waals surface area contributed by atoms with Crippen LogP contribution in [0.5, 0.6) is 0 Å². The SMILES string of the molecule is [N-]=[N+]=C1C=C([N+](=O)[O-])C(O)C([N+](=O)[O-])=C1. The van der Waals surface area contributed by atoms with E-state index in [1.165, 1.54) is 0 Å². The maximum Gasteiger partial charge on any atom is 0.328 e. The largest absolute Gasteiger partial charge is 0.373 e. The number of aliphatic hydroxyl groups excluding tert-OH is 1. The van der Waals surface area contributed by atoms with Crippen molar-refractivity contribution in [3.8, 4) is 0 Å². The van der Waals surface area contributed by atoms with Crippen LogP contribution in [-0.2, 0) is 0 Å². The Kier molecular flexibility index (Phi) is 2.70. The quantitative estimate of drug-likeness (QED) is 0.280. The van der Waals surface area contributed by atoms with Crippen molar-refractivity contribution in [2.24, 2.45) is 0 Å². The van der Waals surface area contributed by atoms with Gasteiger partial charge in [-0.2, -0.15) is 4.79 Å². The van der Waals surface area contributed by atoms with Crippen LogP contribution in [0.25, 0.3) is 5.53 Å². The molecule has 0 saturated heterocycles. The number of aliphatic hydroxyl groups is 1. The average molecular weight is 212 g/mol. The molecule has 0 amide bonds. The summed E-state index contributed by atoms with van der Waals surface area (Å²) in [4.78, 5) is 21.4. The molecule has 9 nitrogen and oxygen atoms in total. The second kappa shape index (κ2) is 3.78. The molecular weight excluding hydrogens is 208 g/mol. The average Bonchev–Trinajstić information content (AvgIpc) is 2.17. The van der Waals surface area contributed by atoms with E-state index >= 15 is 0 Å². The molecule has 15 heavy (non-hydrogen) atoms. The Balaban J connectivity index is 3.27. The number of hydrogen-bond donors (Lipinski definition) is 1. The van der Waals surface area contributed by atoms with E-state index in [0.29, 0.717) is 0 Å². The first-order valence-electron chi connectivity index (χ1n) is 3.59. The molecule has 0 spiro atoms. The third-order valence-electron chi connectivity index (χ3n) is 1.69. The molecule has 0 heterocycles. The molecule has 1 rings (SSSR count). The molecule has 1 N–H and O–H groups in total. The summed E-state index contributed by atoms with van der Waals surface area (Å²) in [7, 11) is 0. The first kappa shape index (κ1) is 10.7. The fourth-order valence-electron chi connectivity index (χ4n) is 1.02. The van der Waals surface area contributed by atoms with Gasteiger partial charge in [-0.15, -0.1) is 0 Å². The van der Waals surface area contributed by atoms with E-state index in [4.69, 9.17) is 5.53 Å². The molecule has 9 heteroatoms. The molecule has 78 valence electrons. The summed E-state index contributed by atoms with van der Waals surface area (Å²) in [6.45, 7) is 0. The topological polar surface area (TPSA) is 143 Å². The number of nitrogens with zero attached hydrogens (tertiary/aromatic N) is 4. The molecule has 0 aromatic heterocycles. The van der Waals surface area contributed by atoms with Gasteiger partial charge in [0.05, 0.1) is 9.85 Å². The van der Waals surface area contributed by atoms with Crippen LogP contribution in [0.15, 0.2) is 23.5 Å². The van der Waals surface area contributed by atoms with E-state index in [-0.39, 0.29) is 5.71 Å². The van der Waals surface area contributed by atoms with Gasteiger partial charge in [0.2, 0.25) is 6.10 Å². The number of nitro groups is 2. The third-order valence-corrected chi connectivity index (χ3v) is 1.69. The van der Waals surface area contributed by atoms with Gasteiger partial charge in [-0.25, -0.2) is 0 Å². The van der Waals surface area contributed by atoms with Gasteiger partial charge in [-0.1, -0.05) is 0 Å². The fourth-order valence-corrected chi connectivity index (χ4v) is 1.02. The monoisotopic (exact) mass is 212 g/mol. The molecule has 0 aliphatic heterocycles. The van der Waals surface area contributed by atoms with Gasteiger partial charge in [0.15, 0.2) is 0 Å². The zero-order valence-electron chi connectivity index (χ0n) is 7.10. The minimum Gasteiger partial charge on any atom is -0.373 e. The van der Waals surface area contributed by atoms with E-state index in [1.807, 2.05) is 0 Å². The molecule has 0 unspecified atom stereocenters.